The summed E-state index contributed by atoms with van der Waals surface area (Å²) in [5.74, 6) is -0.193. The van der Waals surface area contributed by atoms with E-state index in [1.807, 2.05) is 30.3 Å². The average Bonchev–Trinajstić information content (AvgIpc) is 3.51. The molecule has 26 heavy (non-hydrogen) atoms. The minimum Gasteiger partial charge on any atom is -0.381 e. The highest BCUT2D eigenvalue weighted by Gasteiger charge is 2.34. The van der Waals surface area contributed by atoms with Gasteiger partial charge in [0.2, 0.25) is 5.91 Å². The first kappa shape index (κ1) is 20.7. The number of carbonyl (C=O) groups is 2. The van der Waals surface area contributed by atoms with Gasteiger partial charge in [-0.3, -0.25) is 9.59 Å². The lowest BCUT2D eigenvalue weighted by molar-refractivity contribution is -0.132. The van der Waals surface area contributed by atoms with Crippen LogP contribution in [0.5, 0.6) is 0 Å². The Kier molecular flexibility index (Phi) is 7.43. The normalized spacial score (nSPS) is 19.6. The van der Waals surface area contributed by atoms with Crippen molar-refractivity contribution in [3.63, 3.8) is 0 Å². The van der Waals surface area contributed by atoms with Crippen LogP contribution in [0.3, 0.4) is 0 Å². The van der Waals surface area contributed by atoms with E-state index in [9.17, 15) is 14.7 Å². The zero-order chi connectivity index (χ0) is 17.8. The Morgan fingerprint density at radius 1 is 1.12 bits per heavy atom. The third kappa shape index (κ3) is 6.27. The zero-order valence-electron chi connectivity index (χ0n) is 14.8. The molecule has 2 unspecified atom stereocenters. The fourth-order valence-electron chi connectivity index (χ4n) is 2.92. The molecule has 144 valence electrons. The fraction of sp³-hybridized carbons (Fsp3) is 0.579. The number of hydrogen-bond donors (Lipinski definition) is 4. The van der Waals surface area contributed by atoms with Crippen molar-refractivity contribution in [2.45, 2.75) is 62.8 Å². The summed E-state index contributed by atoms with van der Waals surface area (Å²) >= 11 is 0. The molecule has 2 amide bonds. The Morgan fingerprint density at radius 2 is 1.77 bits per heavy atom. The lowest BCUT2D eigenvalue weighted by atomic mass is 9.99. The van der Waals surface area contributed by atoms with E-state index in [1.165, 1.54) is 0 Å². The van der Waals surface area contributed by atoms with Gasteiger partial charge in [0.25, 0.3) is 5.91 Å². The van der Waals surface area contributed by atoms with Crippen LogP contribution in [0, 0.1) is 5.92 Å². The van der Waals surface area contributed by atoms with Crippen LogP contribution in [-0.4, -0.2) is 41.2 Å². The third-order valence-electron chi connectivity index (χ3n) is 4.82. The van der Waals surface area contributed by atoms with E-state index in [2.05, 4.69) is 10.6 Å². The summed E-state index contributed by atoms with van der Waals surface area (Å²) < 4.78 is 0. The molecule has 2 saturated carbocycles. The highest BCUT2D eigenvalue weighted by Crippen LogP contribution is 2.33. The molecule has 6 nitrogen and oxygen atoms in total. The van der Waals surface area contributed by atoms with Gasteiger partial charge in [0.15, 0.2) is 6.10 Å². The number of amides is 2. The molecule has 0 radical (unpaired) electrons. The van der Waals surface area contributed by atoms with Gasteiger partial charge >= 0.3 is 0 Å². The van der Waals surface area contributed by atoms with Gasteiger partial charge in [-0.15, -0.1) is 12.4 Å². The first-order chi connectivity index (χ1) is 12.0. The maximum Gasteiger partial charge on any atom is 0.251 e. The molecule has 0 bridgehead atoms. The molecule has 0 aliphatic heterocycles. The number of nitrogens with one attached hydrogen (secondary N) is 2. The van der Waals surface area contributed by atoms with Crippen LogP contribution in [0.1, 0.15) is 37.7 Å². The molecule has 0 aromatic heterocycles. The van der Waals surface area contributed by atoms with Gasteiger partial charge in [-0.05, 0) is 37.2 Å². The number of rotatable bonds is 9. The van der Waals surface area contributed by atoms with Gasteiger partial charge < -0.3 is 21.5 Å². The highest BCUT2D eigenvalue weighted by atomic mass is 35.5. The van der Waals surface area contributed by atoms with Gasteiger partial charge in [-0.2, -0.15) is 0 Å². The second-order valence-electron chi connectivity index (χ2n) is 7.32. The van der Waals surface area contributed by atoms with E-state index in [0.717, 1.165) is 31.2 Å². The molecule has 7 heteroatoms. The second-order valence-corrected chi connectivity index (χ2v) is 7.32. The van der Waals surface area contributed by atoms with Crippen LogP contribution >= 0.6 is 12.4 Å². The Bertz CT molecular complexity index is 605. The first-order valence-corrected chi connectivity index (χ1v) is 9.11. The van der Waals surface area contributed by atoms with Crippen molar-refractivity contribution < 1.29 is 14.7 Å². The Labute approximate surface area is 160 Å². The van der Waals surface area contributed by atoms with E-state index >= 15 is 0 Å². The second kappa shape index (κ2) is 9.35. The molecule has 0 spiro atoms. The number of carbonyl (C=O) groups excluding carboxylic acids is 2. The van der Waals surface area contributed by atoms with Crippen LogP contribution in [0.25, 0.3) is 0 Å². The van der Waals surface area contributed by atoms with Crippen molar-refractivity contribution in [2.24, 2.45) is 11.7 Å². The minimum absolute atomic E-state index is 0. The predicted octanol–water partition coefficient (Wildman–Crippen LogP) is 0.903. The number of aliphatic hydroxyl groups is 1. The summed E-state index contributed by atoms with van der Waals surface area (Å²) in [7, 11) is 0. The Hall–Kier alpha value is -1.63. The smallest absolute Gasteiger partial charge is 0.251 e. The molecule has 3 rings (SSSR count). The SMILES string of the molecule is Cl.N[C@@H](CC1CC1)C(=O)NC(Cc1ccccc1)C(O)C(=O)NC1CC1. The van der Waals surface area contributed by atoms with Gasteiger partial charge in [-0.1, -0.05) is 43.2 Å². The summed E-state index contributed by atoms with van der Waals surface area (Å²) in [6.07, 6.45) is 3.89. The van der Waals surface area contributed by atoms with E-state index < -0.39 is 24.1 Å². The number of hydrogen-bond acceptors (Lipinski definition) is 4. The molecule has 0 heterocycles. The molecule has 2 fully saturated rings. The lowest BCUT2D eigenvalue weighted by Gasteiger charge is -2.25. The van der Waals surface area contributed by atoms with Crippen LogP contribution in [-0.2, 0) is 16.0 Å². The average molecular weight is 382 g/mol. The number of benzene rings is 1. The summed E-state index contributed by atoms with van der Waals surface area (Å²) in [6, 6.07) is 8.38. The Balaban J connectivity index is 0.00000243. The standard InChI is InChI=1S/C19H27N3O3.ClH/c20-15(10-13-6-7-13)18(24)22-16(11-12-4-2-1-3-5-12)17(23)19(25)21-14-8-9-14;/h1-5,13-17,23H,6-11,20H2,(H,21,25)(H,22,24);1H/t15-,16?,17?;/m0./s1. The topological polar surface area (TPSA) is 104 Å². The molecule has 2 aliphatic carbocycles. The molecule has 0 saturated heterocycles. The highest BCUT2D eigenvalue weighted by molar-refractivity contribution is 5.86. The van der Waals surface area contributed by atoms with Gasteiger partial charge in [0.05, 0.1) is 12.1 Å². The number of nitrogens with two attached hydrogens (primary N) is 1. The number of aliphatic hydroxyl groups excluding tert-OH is 1. The summed E-state index contributed by atoms with van der Waals surface area (Å²) in [5, 5.41) is 16.1. The third-order valence-corrected chi connectivity index (χ3v) is 4.82. The quantitative estimate of drug-likeness (QED) is 0.510. The molecule has 1 aromatic carbocycles. The summed E-state index contributed by atoms with van der Waals surface area (Å²) in [5.41, 5.74) is 6.92. The first-order valence-electron chi connectivity index (χ1n) is 9.11. The number of halogens is 1. The molecule has 3 atom stereocenters. The van der Waals surface area contributed by atoms with E-state index in [1.54, 1.807) is 0 Å². The van der Waals surface area contributed by atoms with Crippen LogP contribution in [0.4, 0.5) is 0 Å². The van der Waals surface area contributed by atoms with E-state index in [-0.39, 0.29) is 24.4 Å². The fourth-order valence-corrected chi connectivity index (χ4v) is 2.92. The summed E-state index contributed by atoms with van der Waals surface area (Å²) in [4.78, 5) is 24.6. The van der Waals surface area contributed by atoms with Gasteiger partial charge in [0.1, 0.15) is 0 Å². The lowest BCUT2D eigenvalue weighted by Crippen LogP contribution is -2.55. The largest absolute Gasteiger partial charge is 0.381 e. The zero-order valence-corrected chi connectivity index (χ0v) is 15.6. The maximum atomic E-state index is 12.4. The molecular weight excluding hydrogens is 354 g/mol. The van der Waals surface area contributed by atoms with Crippen molar-refractivity contribution in [3.05, 3.63) is 35.9 Å². The van der Waals surface area contributed by atoms with Crippen LogP contribution in [0.15, 0.2) is 30.3 Å². The molecular formula is C19H28ClN3O3. The molecule has 1 aromatic rings. The van der Waals surface area contributed by atoms with Crippen molar-refractivity contribution in [1.82, 2.24) is 10.6 Å². The maximum absolute atomic E-state index is 12.4. The van der Waals surface area contributed by atoms with Crippen molar-refractivity contribution >= 4 is 24.2 Å². The minimum atomic E-state index is -1.29. The van der Waals surface area contributed by atoms with E-state index in [0.29, 0.717) is 18.8 Å². The monoisotopic (exact) mass is 381 g/mol. The van der Waals surface area contributed by atoms with Crippen molar-refractivity contribution in [2.75, 3.05) is 0 Å². The van der Waals surface area contributed by atoms with Gasteiger partial charge in [-0.25, -0.2) is 0 Å². The summed E-state index contributed by atoms with van der Waals surface area (Å²) in [6.45, 7) is 0. The predicted molar refractivity (Wildman–Crippen MR) is 102 cm³/mol. The van der Waals surface area contributed by atoms with Crippen molar-refractivity contribution in [3.8, 4) is 0 Å². The van der Waals surface area contributed by atoms with Crippen LogP contribution in [0.2, 0.25) is 0 Å². The van der Waals surface area contributed by atoms with Crippen molar-refractivity contribution in [1.29, 1.82) is 0 Å². The molecule has 2 aliphatic rings. The molecule has 5 N–H and O–H groups in total. The van der Waals surface area contributed by atoms with E-state index in [4.69, 9.17) is 5.73 Å². The van der Waals surface area contributed by atoms with Gasteiger partial charge in [0, 0.05) is 6.04 Å². The Morgan fingerprint density at radius 3 is 2.35 bits per heavy atom. The van der Waals surface area contributed by atoms with Crippen LogP contribution < -0.4 is 16.4 Å².